The first-order chi connectivity index (χ1) is 6.23. The Hall–Kier alpha value is -0.410. The molecule has 1 rings (SSSR count). The van der Waals surface area contributed by atoms with Crippen LogP contribution in [0.1, 0.15) is 26.2 Å². The van der Waals surface area contributed by atoms with Crippen LogP contribution in [-0.4, -0.2) is 32.1 Å². The highest BCUT2D eigenvalue weighted by Crippen LogP contribution is 2.30. The van der Waals surface area contributed by atoms with Crippen LogP contribution in [0, 0.1) is 5.92 Å². The number of piperidine rings is 1. The van der Waals surface area contributed by atoms with Crippen molar-refractivity contribution in [3.05, 3.63) is 0 Å². The van der Waals surface area contributed by atoms with E-state index in [2.05, 4.69) is 5.32 Å². The Labute approximate surface area is 79.8 Å². The van der Waals surface area contributed by atoms with Gasteiger partial charge in [0.1, 0.15) is 6.29 Å². The van der Waals surface area contributed by atoms with Gasteiger partial charge in [0.25, 0.3) is 0 Å². The molecule has 3 heteroatoms. The van der Waals surface area contributed by atoms with Crippen molar-refractivity contribution < 1.29 is 9.53 Å². The molecule has 1 aliphatic rings. The molecule has 1 atom stereocenters. The van der Waals surface area contributed by atoms with Crippen LogP contribution in [0.25, 0.3) is 0 Å². The van der Waals surface area contributed by atoms with Crippen LogP contribution in [0.5, 0.6) is 0 Å². The fourth-order valence-corrected chi connectivity index (χ4v) is 2.01. The van der Waals surface area contributed by atoms with Crippen LogP contribution in [0.2, 0.25) is 0 Å². The minimum absolute atomic E-state index is 0.246. The van der Waals surface area contributed by atoms with Crippen LogP contribution in [0.3, 0.4) is 0 Å². The van der Waals surface area contributed by atoms with Gasteiger partial charge >= 0.3 is 0 Å². The van der Waals surface area contributed by atoms with Crippen LogP contribution in [0.4, 0.5) is 0 Å². The first kappa shape index (κ1) is 10.7. The Morgan fingerprint density at radius 2 is 2.15 bits per heavy atom. The Balaban J connectivity index is 2.56. The molecule has 0 saturated carbocycles. The predicted octanol–water partition coefficient (Wildman–Crippen LogP) is 0.980. The molecular formula is C10H19NO2. The molecule has 0 bridgehead atoms. The molecule has 1 aliphatic heterocycles. The minimum atomic E-state index is -0.246. The Morgan fingerprint density at radius 3 is 2.62 bits per heavy atom. The second kappa shape index (κ2) is 4.72. The van der Waals surface area contributed by atoms with Gasteiger partial charge in [0.15, 0.2) is 0 Å². The first-order valence-corrected chi connectivity index (χ1v) is 4.92. The molecule has 1 saturated heterocycles. The van der Waals surface area contributed by atoms with E-state index in [-0.39, 0.29) is 5.60 Å². The standard InChI is InChI=1S/C10H19NO2/c1-10(13-2,5-8-12)9-3-6-11-7-4-9/h8-9,11H,3-7H2,1-2H3. The van der Waals surface area contributed by atoms with E-state index in [1.165, 1.54) is 0 Å². The normalized spacial score (nSPS) is 23.8. The zero-order valence-corrected chi connectivity index (χ0v) is 8.51. The number of methoxy groups -OCH3 is 1. The zero-order valence-electron chi connectivity index (χ0n) is 8.51. The van der Waals surface area contributed by atoms with Gasteiger partial charge in [-0.25, -0.2) is 0 Å². The summed E-state index contributed by atoms with van der Waals surface area (Å²) in [4.78, 5) is 10.5. The van der Waals surface area contributed by atoms with Crippen LogP contribution < -0.4 is 5.32 Å². The van der Waals surface area contributed by atoms with Crippen molar-refractivity contribution in [3.8, 4) is 0 Å². The van der Waals surface area contributed by atoms with Gasteiger partial charge in [-0.15, -0.1) is 0 Å². The molecule has 0 amide bonds. The van der Waals surface area contributed by atoms with Crippen molar-refractivity contribution in [3.63, 3.8) is 0 Å². The first-order valence-electron chi connectivity index (χ1n) is 4.92. The monoisotopic (exact) mass is 185 g/mol. The maximum absolute atomic E-state index is 10.5. The number of rotatable bonds is 4. The molecule has 1 fully saturated rings. The van der Waals surface area contributed by atoms with Gasteiger partial charge in [0, 0.05) is 13.5 Å². The number of hydrogen-bond acceptors (Lipinski definition) is 3. The lowest BCUT2D eigenvalue weighted by Gasteiger charge is -2.37. The van der Waals surface area contributed by atoms with Gasteiger partial charge < -0.3 is 14.8 Å². The average Bonchev–Trinajstić information content (AvgIpc) is 2.19. The van der Waals surface area contributed by atoms with Gasteiger partial charge in [-0.2, -0.15) is 0 Å². The van der Waals surface area contributed by atoms with Crippen molar-refractivity contribution in [2.45, 2.75) is 31.8 Å². The lowest BCUT2D eigenvalue weighted by atomic mass is 9.80. The average molecular weight is 185 g/mol. The van der Waals surface area contributed by atoms with E-state index >= 15 is 0 Å². The van der Waals surface area contributed by atoms with E-state index in [1.807, 2.05) is 6.92 Å². The summed E-state index contributed by atoms with van der Waals surface area (Å²) in [6.45, 7) is 4.13. The number of ether oxygens (including phenoxy) is 1. The number of nitrogens with one attached hydrogen (secondary N) is 1. The van der Waals surface area contributed by atoms with Crippen LogP contribution in [0.15, 0.2) is 0 Å². The maximum Gasteiger partial charge on any atom is 0.122 e. The molecule has 1 heterocycles. The van der Waals surface area contributed by atoms with E-state index in [1.54, 1.807) is 7.11 Å². The number of hydrogen-bond donors (Lipinski definition) is 1. The lowest BCUT2D eigenvalue weighted by molar-refractivity contribution is -0.117. The summed E-state index contributed by atoms with van der Waals surface area (Å²) in [6, 6.07) is 0. The molecule has 0 aromatic heterocycles. The molecule has 76 valence electrons. The van der Waals surface area contributed by atoms with Crippen molar-refractivity contribution in [2.24, 2.45) is 5.92 Å². The quantitative estimate of drug-likeness (QED) is 0.663. The van der Waals surface area contributed by atoms with E-state index in [0.717, 1.165) is 32.2 Å². The Kier molecular flexibility index (Phi) is 3.88. The van der Waals surface area contributed by atoms with Crippen LogP contribution in [-0.2, 0) is 9.53 Å². The summed E-state index contributed by atoms with van der Waals surface area (Å²) in [7, 11) is 1.70. The third-order valence-electron chi connectivity index (χ3n) is 3.16. The zero-order chi connectivity index (χ0) is 9.73. The summed E-state index contributed by atoms with van der Waals surface area (Å²) >= 11 is 0. The van der Waals surface area contributed by atoms with Crippen molar-refractivity contribution in [1.29, 1.82) is 0 Å². The van der Waals surface area contributed by atoms with Gasteiger partial charge in [-0.1, -0.05) is 0 Å². The highest BCUT2D eigenvalue weighted by molar-refractivity contribution is 5.51. The molecule has 0 radical (unpaired) electrons. The maximum atomic E-state index is 10.5. The number of carbonyl (C=O) groups is 1. The molecular weight excluding hydrogens is 166 g/mol. The fraction of sp³-hybridized carbons (Fsp3) is 0.900. The third kappa shape index (κ3) is 2.51. The Morgan fingerprint density at radius 1 is 1.54 bits per heavy atom. The van der Waals surface area contributed by atoms with Gasteiger partial charge in [0.2, 0.25) is 0 Å². The van der Waals surface area contributed by atoms with E-state index in [4.69, 9.17) is 4.74 Å². The van der Waals surface area contributed by atoms with Crippen molar-refractivity contribution >= 4 is 6.29 Å². The van der Waals surface area contributed by atoms with Gasteiger partial charge in [-0.3, -0.25) is 0 Å². The Bertz CT molecular complexity index is 166. The van der Waals surface area contributed by atoms with E-state index in [0.29, 0.717) is 12.3 Å². The summed E-state index contributed by atoms with van der Waals surface area (Å²) < 4.78 is 5.46. The molecule has 3 nitrogen and oxygen atoms in total. The highest BCUT2D eigenvalue weighted by atomic mass is 16.5. The second-order valence-corrected chi connectivity index (χ2v) is 3.91. The molecule has 1 N–H and O–H groups in total. The molecule has 0 aromatic rings. The molecule has 0 aromatic carbocycles. The lowest BCUT2D eigenvalue weighted by Crippen LogP contribution is -2.43. The summed E-state index contributed by atoms with van der Waals surface area (Å²) in [5.74, 6) is 0.518. The van der Waals surface area contributed by atoms with Gasteiger partial charge in [0.05, 0.1) is 5.60 Å². The van der Waals surface area contributed by atoms with E-state index in [9.17, 15) is 4.79 Å². The smallest absolute Gasteiger partial charge is 0.122 e. The molecule has 0 spiro atoms. The number of carbonyl (C=O) groups excluding carboxylic acids is 1. The summed E-state index contributed by atoms with van der Waals surface area (Å²) in [5.41, 5.74) is -0.246. The topological polar surface area (TPSA) is 38.3 Å². The summed E-state index contributed by atoms with van der Waals surface area (Å²) in [5, 5.41) is 3.31. The molecule has 13 heavy (non-hydrogen) atoms. The second-order valence-electron chi connectivity index (χ2n) is 3.91. The highest BCUT2D eigenvalue weighted by Gasteiger charge is 2.34. The van der Waals surface area contributed by atoms with Crippen LogP contribution >= 0.6 is 0 Å². The third-order valence-corrected chi connectivity index (χ3v) is 3.16. The largest absolute Gasteiger partial charge is 0.378 e. The van der Waals surface area contributed by atoms with Gasteiger partial charge in [-0.05, 0) is 38.8 Å². The molecule has 1 unspecified atom stereocenters. The molecule has 0 aliphatic carbocycles. The minimum Gasteiger partial charge on any atom is -0.378 e. The van der Waals surface area contributed by atoms with Crippen molar-refractivity contribution in [1.82, 2.24) is 5.32 Å². The fourth-order valence-electron chi connectivity index (χ4n) is 2.01. The SMILES string of the molecule is COC(C)(CC=O)C1CCNCC1. The number of aldehydes is 1. The van der Waals surface area contributed by atoms with E-state index < -0.39 is 0 Å². The predicted molar refractivity (Wildman–Crippen MR) is 51.7 cm³/mol. The van der Waals surface area contributed by atoms with Crippen molar-refractivity contribution in [2.75, 3.05) is 20.2 Å². The summed E-state index contributed by atoms with van der Waals surface area (Å²) in [6.07, 6.45) is 3.69.